The summed E-state index contributed by atoms with van der Waals surface area (Å²) in [5.41, 5.74) is 5.42. The van der Waals surface area contributed by atoms with Crippen LogP contribution in [0.4, 0.5) is 0 Å². The van der Waals surface area contributed by atoms with Crippen LogP contribution in [0.2, 0.25) is 0 Å². The smallest absolute Gasteiger partial charge is 0.222 e. The SMILES string of the molecule is CCCCCCCN(CCCO)C(=O)CCCN. The van der Waals surface area contributed by atoms with Gasteiger partial charge in [-0.2, -0.15) is 0 Å². The Morgan fingerprint density at radius 2 is 1.72 bits per heavy atom. The summed E-state index contributed by atoms with van der Waals surface area (Å²) in [6.07, 6.45) is 7.99. The van der Waals surface area contributed by atoms with Crippen molar-refractivity contribution in [2.75, 3.05) is 26.2 Å². The first-order valence-electron chi connectivity index (χ1n) is 7.35. The first-order valence-corrected chi connectivity index (χ1v) is 7.35. The van der Waals surface area contributed by atoms with Crippen LogP contribution in [0.15, 0.2) is 0 Å². The van der Waals surface area contributed by atoms with Crippen LogP contribution in [0.3, 0.4) is 0 Å². The van der Waals surface area contributed by atoms with Gasteiger partial charge in [-0.05, 0) is 25.8 Å². The van der Waals surface area contributed by atoms with Gasteiger partial charge < -0.3 is 15.7 Å². The predicted octanol–water partition coefficient (Wildman–Crippen LogP) is 1.91. The molecule has 0 saturated heterocycles. The lowest BCUT2D eigenvalue weighted by molar-refractivity contribution is -0.131. The number of hydrogen-bond donors (Lipinski definition) is 2. The molecule has 0 rings (SSSR count). The Labute approximate surface area is 112 Å². The topological polar surface area (TPSA) is 66.6 Å². The second kappa shape index (κ2) is 12.8. The number of amides is 1. The fourth-order valence-corrected chi connectivity index (χ4v) is 1.94. The highest BCUT2D eigenvalue weighted by atomic mass is 16.3. The number of carbonyl (C=O) groups is 1. The fraction of sp³-hybridized carbons (Fsp3) is 0.929. The summed E-state index contributed by atoms with van der Waals surface area (Å²) in [5.74, 6) is 0.185. The van der Waals surface area contributed by atoms with E-state index < -0.39 is 0 Å². The normalized spacial score (nSPS) is 10.6. The Morgan fingerprint density at radius 1 is 1.06 bits per heavy atom. The molecular weight excluding hydrogens is 228 g/mol. The number of unbranched alkanes of at least 4 members (excludes halogenated alkanes) is 4. The van der Waals surface area contributed by atoms with Gasteiger partial charge in [0, 0.05) is 26.1 Å². The molecule has 18 heavy (non-hydrogen) atoms. The minimum absolute atomic E-state index is 0.149. The van der Waals surface area contributed by atoms with E-state index in [9.17, 15) is 4.79 Å². The number of rotatable bonds is 12. The standard InChI is InChI=1S/C14H30N2O2/c1-2-3-4-5-6-11-16(12-8-13-17)14(18)9-7-10-15/h17H,2-13,15H2,1H3. The number of nitrogens with two attached hydrogens (primary N) is 1. The van der Waals surface area contributed by atoms with E-state index >= 15 is 0 Å². The molecule has 0 radical (unpaired) electrons. The van der Waals surface area contributed by atoms with Crippen molar-refractivity contribution in [3.05, 3.63) is 0 Å². The zero-order chi connectivity index (χ0) is 13.6. The minimum atomic E-state index is 0.149. The maximum absolute atomic E-state index is 11.9. The summed E-state index contributed by atoms with van der Waals surface area (Å²) >= 11 is 0. The van der Waals surface area contributed by atoms with E-state index in [2.05, 4.69) is 6.92 Å². The van der Waals surface area contributed by atoms with Crippen LogP contribution in [-0.2, 0) is 4.79 Å². The van der Waals surface area contributed by atoms with Crippen LogP contribution in [0.5, 0.6) is 0 Å². The molecule has 0 aliphatic carbocycles. The first kappa shape index (κ1) is 17.4. The minimum Gasteiger partial charge on any atom is -0.396 e. The molecule has 0 bridgehead atoms. The van der Waals surface area contributed by atoms with Crippen LogP contribution in [-0.4, -0.2) is 42.2 Å². The molecule has 3 N–H and O–H groups in total. The van der Waals surface area contributed by atoms with Crippen molar-refractivity contribution < 1.29 is 9.90 Å². The second-order valence-corrected chi connectivity index (χ2v) is 4.76. The van der Waals surface area contributed by atoms with Crippen LogP contribution in [0.25, 0.3) is 0 Å². The highest BCUT2D eigenvalue weighted by molar-refractivity contribution is 5.76. The second-order valence-electron chi connectivity index (χ2n) is 4.76. The molecule has 108 valence electrons. The van der Waals surface area contributed by atoms with Crippen molar-refractivity contribution in [1.82, 2.24) is 4.90 Å². The van der Waals surface area contributed by atoms with E-state index in [0.29, 0.717) is 25.9 Å². The van der Waals surface area contributed by atoms with Gasteiger partial charge in [0.25, 0.3) is 0 Å². The van der Waals surface area contributed by atoms with Gasteiger partial charge in [0.2, 0.25) is 5.91 Å². The predicted molar refractivity (Wildman–Crippen MR) is 75.3 cm³/mol. The molecule has 4 heteroatoms. The van der Waals surface area contributed by atoms with Crippen molar-refractivity contribution in [2.24, 2.45) is 5.73 Å². The summed E-state index contributed by atoms with van der Waals surface area (Å²) in [6, 6.07) is 0. The highest BCUT2D eigenvalue weighted by Gasteiger charge is 2.11. The van der Waals surface area contributed by atoms with E-state index in [0.717, 1.165) is 19.4 Å². The lowest BCUT2D eigenvalue weighted by Crippen LogP contribution is -2.33. The van der Waals surface area contributed by atoms with Crippen molar-refractivity contribution in [1.29, 1.82) is 0 Å². The van der Waals surface area contributed by atoms with Crippen molar-refractivity contribution >= 4 is 5.91 Å². The van der Waals surface area contributed by atoms with Crippen molar-refractivity contribution in [2.45, 2.75) is 58.3 Å². The average Bonchev–Trinajstić information content (AvgIpc) is 2.39. The largest absolute Gasteiger partial charge is 0.396 e. The molecular formula is C14H30N2O2. The van der Waals surface area contributed by atoms with Gasteiger partial charge >= 0.3 is 0 Å². The number of nitrogens with zero attached hydrogens (tertiary/aromatic N) is 1. The van der Waals surface area contributed by atoms with Crippen molar-refractivity contribution in [3.8, 4) is 0 Å². The Morgan fingerprint density at radius 3 is 2.33 bits per heavy atom. The summed E-state index contributed by atoms with van der Waals surface area (Å²) in [4.78, 5) is 13.8. The van der Waals surface area contributed by atoms with E-state index in [4.69, 9.17) is 10.8 Å². The number of aliphatic hydroxyl groups excluding tert-OH is 1. The molecule has 0 aromatic heterocycles. The molecule has 1 amide bonds. The maximum atomic E-state index is 11.9. The number of carbonyl (C=O) groups excluding carboxylic acids is 1. The third kappa shape index (κ3) is 9.42. The summed E-state index contributed by atoms with van der Waals surface area (Å²) in [5, 5.41) is 8.86. The summed E-state index contributed by atoms with van der Waals surface area (Å²) in [6.45, 7) is 4.41. The zero-order valence-electron chi connectivity index (χ0n) is 11.9. The molecule has 0 aromatic rings. The van der Waals surface area contributed by atoms with Gasteiger partial charge in [-0.1, -0.05) is 32.6 Å². The van der Waals surface area contributed by atoms with Gasteiger partial charge in [0.15, 0.2) is 0 Å². The Bertz CT molecular complexity index is 198. The lowest BCUT2D eigenvalue weighted by atomic mass is 10.1. The third-order valence-electron chi connectivity index (χ3n) is 3.07. The van der Waals surface area contributed by atoms with Crippen LogP contribution in [0, 0.1) is 0 Å². The molecule has 0 unspecified atom stereocenters. The zero-order valence-corrected chi connectivity index (χ0v) is 11.9. The summed E-state index contributed by atoms with van der Waals surface area (Å²) in [7, 11) is 0. The van der Waals surface area contributed by atoms with Gasteiger partial charge in [-0.3, -0.25) is 4.79 Å². The highest BCUT2D eigenvalue weighted by Crippen LogP contribution is 2.06. The molecule has 0 saturated carbocycles. The van der Waals surface area contributed by atoms with Gasteiger partial charge in [0.1, 0.15) is 0 Å². The van der Waals surface area contributed by atoms with Gasteiger partial charge in [-0.25, -0.2) is 0 Å². The Hall–Kier alpha value is -0.610. The van der Waals surface area contributed by atoms with Crippen molar-refractivity contribution in [3.63, 3.8) is 0 Å². The van der Waals surface area contributed by atoms with Crippen LogP contribution < -0.4 is 5.73 Å². The average molecular weight is 258 g/mol. The Kier molecular flexibility index (Phi) is 12.4. The maximum Gasteiger partial charge on any atom is 0.222 e. The first-order chi connectivity index (χ1) is 8.76. The van der Waals surface area contributed by atoms with Crippen LogP contribution in [0.1, 0.15) is 58.3 Å². The van der Waals surface area contributed by atoms with Crippen LogP contribution >= 0.6 is 0 Å². The molecule has 0 atom stereocenters. The third-order valence-corrected chi connectivity index (χ3v) is 3.07. The number of aliphatic hydroxyl groups is 1. The molecule has 0 fully saturated rings. The quantitative estimate of drug-likeness (QED) is 0.525. The molecule has 0 aromatic carbocycles. The van der Waals surface area contributed by atoms with E-state index in [1.54, 1.807) is 0 Å². The lowest BCUT2D eigenvalue weighted by Gasteiger charge is -2.22. The fourth-order valence-electron chi connectivity index (χ4n) is 1.94. The van der Waals surface area contributed by atoms with Gasteiger partial charge in [-0.15, -0.1) is 0 Å². The molecule has 0 heterocycles. The molecule has 4 nitrogen and oxygen atoms in total. The molecule has 0 aliphatic rings. The van der Waals surface area contributed by atoms with E-state index in [1.807, 2.05) is 4.90 Å². The monoisotopic (exact) mass is 258 g/mol. The van der Waals surface area contributed by atoms with E-state index in [1.165, 1.54) is 25.7 Å². The molecule has 0 aliphatic heterocycles. The molecule has 0 spiro atoms. The summed E-state index contributed by atoms with van der Waals surface area (Å²) < 4.78 is 0. The Balaban J connectivity index is 3.86. The number of hydrogen-bond acceptors (Lipinski definition) is 3. The van der Waals surface area contributed by atoms with Gasteiger partial charge in [0.05, 0.1) is 0 Å². The van der Waals surface area contributed by atoms with E-state index in [-0.39, 0.29) is 12.5 Å².